The van der Waals surface area contributed by atoms with Gasteiger partial charge in [0.25, 0.3) is 0 Å². The lowest BCUT2D eigenvalue weighted by Crippen LogP contribution is -2.32. The Bertz CT molecular complexity index is 387. The Morgan fingerprint density at radius 2 is 2.44 bits per heavy atom. The summed E-state index contributed by atoms with van der Waals surface area (Å²) in [5.74, 6) is 0.0565. The lowest BCUT2D eigenvalue weighted by molar-refractivity contribution is -0.121. The number of aromatic nitrogens is 2. The van der Waals surface area contributed by atoms with Gasteiger partial charge in [0.1, 0.15) is 0 Å². The van der Waals surface area contributed by atoms with Crippen LogP contribution in [0.4, 0.5) is 5.13 Å². The van der Waals surface area contributed by atoms with Gasteiger partial charge in [0.05, 0.1) is 0 Å². The minimum absolute atomic E-state index is 0.0565. The number of H-pyrrole nitrogens is 1. The Morgan fingerprint density at radius 1 is 1.69 bits per heavy atom. The van der Waals surface area contributed by atoms with E-state index in [0.717, 1.165) is 11.6 Å². The zero-order chi connectivity index (χ0) is 12.0. The third kappa shape index (κ3) is 4.71. The highest BCUT2D eigenvalue weighted by atomic mass is 32.1. The molecule has 1 rings (SSSR count). The smallest absolute Gasteiger partial charge is 0.221 e. The molecule has 1 aromatic heterocycles. The summed E-state index contributed by atoms with van der Waals surface area (Å²) in [5, 5.41) is 13.3. The highest BCUT2D eigenvalue weighted by molar-refractivity contribution is 7.73. The number of hydrogen-bond donors (Lipinski definition) is 3. The first-order valence-electron chi connectivity index (χ1n) is 5.20. The van der Waals surface area contributed by atoms with Gasteiger partial charge in [-0.1, -0.05) is 18.3 Å². The van der Waals surface area contributed by atoms with Crippen molar-refractivity contribution in [3.8, 4) is 0 Å². The number of rotatable bonds is 6. The Balaban J connectivity index is 2.20. The average Bonchev–Trinajstić information content (AvgIpc) is 2.64. The van der Waals surface area contributed by atoms with Crippen molar-refractivity contribution in [3.63, 3.8) is 0 Å². The fourth-order valence-electron chi connectivity index (χ4n) is 1.04. The molecule has 0 bridgehead atoms. The van der Waals surface area contributed by atoms with Crippen LogP contribution < -0.4 is 10.6 Å². The van der Waals surface area contributed by atoms with Crippen LogP contribution in [0.2, 0.25) is 0 Å². The van der Waals surface area contributed by atoms with E-state index in [9.17, 15) is 4.79 Å². The van der Waals surface area contributed by atoms with Crippen LogP contribution in [0.3, 0.4) is 0 Å². The summed E-state index contributed by atoms with van der Waals surface area (Å²) in [6, 6.07) is 0.236. The van der Waals surface area contributed by atoms with Crippen molar-refractivity contribution in [2.24, 2.45) is 0 Å². The summed E-state index contributed by atoms with van der Waals surface area (Å²) in [4.78, 5) is 11.4. The molecule has 0 spiro atoms. The topological polar surface area (TPSA) is 69.8 Å². The molecule has 3 N–H and O–H groups in total. The fourth-order valence-corrected chi connectivity index (χ4v) is 1.85. The molecule has 0 fully saturated rings. The van der Waals surface area contributed by atoms with Crippen LogP contribution in [-0.4, -0.2) is 28.7 Å². The molecule has 0 saturated heterocycles. The molecule has 1 aromatic rings. The van der Waals surface area contributed by atoms with Crippen LogP contribution in [-0.2, 0) is 4.79 Å². The van der Waals surface area contributed by atoms with Gasteiger partial charge in [-0.15, -0.1) is 5.10 Å². The maximum Gasteiger partial charge on any atom is 0.221 e. The molecule has 0 aliphatic rings. The molecule has 90 valence electrons. The van der Waals surface area contributed by atoms with Crippen LogP contribution in [0.5, 0.6) is 0 Å². The van der Waals surface area contributed by atoms with Gasteiger partial charge in [-0.25, -0.2) is 0 Å². The number of nitrogens with one attached hydrogen (secondary N) is 3. The number of aromatic amines is 1. The maximum absolute atomic E-state index is 11.4. The number of carbonyl (C=O) groups is 1. The predicted molar refractivity (Wildman–Crippen MR) is 68.3 cm³/mol. The number of hydrogen-bond acceptors (Lipinski definition) is 5. The molecule has 1 unspecified atom stereocenters. The number of amides is 1. The van der Waals surface area contributed by atoms with Crippen LogP contribution in [0.25, 0.3) is 0 Å². The van der Waals surface area contributed by atoms with Crippen molar-refractivity contribution in [1.82, 2.24) is 15.5 Å². The molecule has 1 atom stereocenters. The Hall–Kier alpha value is -0.950. The van der Waals surface area contributed by atoms with E-state index in [0.29, 0.717) is 16.9 Å². The Kier molecular flexibility index (Phi) is 5.41. The van der Waals surface area contributed by atoms with Crippen LogP contribution in [0.1, 0.15) is 26.7 Å². The summed E-state index contributed by atoms with van der Waals surface area (Å²) in [5.41, 5.74) is 0. The molecule has 0 aromatic carbocycles. The van der Waals surface area contributed by atoms with Crippen molar-refractivity contribution in [3.05, 3.63) is 3.95 Å². The zero-order valence-corrected chi connectivity index (χ0v) is 11.0. The van der Waals surface area contributed by atoms with Crippen LogP contribution in [0, 0.1) is 3.95 Å². The van der Waals surface area contributed by atoms with E-state index >= 15 is 0 Å². The Labute approximate surface area is 104 Å². The summed E-state index contributed by atoms with van der Waals surface area (Å²) in [7, 11) is 0. The molecule has 0 radical (unpaired) electrons. The van der Waals surface area contributed by atoms with E-state index in [2.05, 4.69) is 20.8 Å². The molecule has 16 heavy (non-hydrogen) atoms. The van der Waals surface area contributed by atoms with Crippen LogP contribution in [0.15, 0.2) is 0 Å². The number of nitrogens with zero attached hydrogens (tertiary/aromatic N) is 1. The van der Waals surface area contributed by atoms with Crippen LogP contribution >= 0.6 is 23.6 Å². The second-order valence-corrected chi connectivity index (χ2v) is 5.14. The van der Waals surface area contributed by atoms with E-state index in [-0.39, 0.29) is 11.9 Å². The summed E-state index contributed by atoms with van der Waals surface area (Å²) in [6.45, 7) is 4.60. The van der Waals surface area contributed by atoms with Gasteiger partial charge in [0.15, 0.2) is 3.95 Å². The van der Waals surface area contributed by atoms with Crippen molar-refractivity contribution in [2.75, 3.05) is 11.9 Å². The maximum atomic E-state index is 11.4. The molecule has 0 saturated carbocycles. The average molecular weight is 260 g/mol. The minimum Gasteiger partial charge on any atom is -0.360 e. The highest BCUT2D eigenvalue weighted by Crippen LogP contribution is 2.10. The number of anilines is 1. The quantitative estimate of drug-likeness (QED) is 0.683. The minimum atomic E-state index is 0.0565. The van der Waals surface area contributed by atoms with Crippen molar-refractivity contribution in [1.29, 1.82) is 0 Å². The van der Waals surface area contributed by atoms with E-state index in [1.165, 1.54) is 11.3 Å². The zero-order valence-electron chi connectivity index (χ0n) is 9.37. The number of carbonyl (C=O) groups excluding carboxylic acids is 1. The van der Waals surface area contributed by atoms with Gasteiger partial charge < -0.3 is 10.6 Å². The fraction of sp³-hybridized carbons (Fsp3) is 0.667. The van der Waals surface area contributed by atoms with E-state index in [4.69, 9.17) is 12.2 Å². The molecule has 1 heterocycles. The first-order valence-corrected chi connectivity index (χ1v) is 6.43. The highest BCUT2D eigenvalue weighted by Gasteiger charge is 2.05. The van der Waals surface area contributed by atoms with Crippen molar-refractivity contribution in [2.45, 2.75) is 32.7 Å². The normalized spacial score (nSPS) is 12.1. The van der Waals surface area contributed by atoms with Gasteiger partial charge >= 0.3 is 0 Å². The van der Waals surface area contributed by atoms with E-state index in [1.807, 2.05) is 13.8 Å². The van der Waals surface area contributed by atoms with Crippen molar-refractivity contribution >= 4 is 34.6 Å². The second-order valence-electron chi connectivity index (χ2n) is 3.47. The molecule has 5 nitrogen and oxygen atoms in total. The summed E-state index contributed by atoms with van der Waals surface area (Å²) < 4.78 is 0.631. The molecular formula is C9H16N4OS2. The van der Waals surface area contributed by atoms with Gasteiger partial charge in [-0.3, -0.25) is 9.89 Å². The van der Waals surface area contributed by atoms with Gasteiger partial charge in [0.2, 0.25) is 11.0 Å². The molecule has 7 heteroatoms. The van der Waals surface area contributed by atoms with Crippen molar-refractivity contribution < 1.29 is 4.79 Å². The lowest BCUT2D eigenvalue weighted by atomic mass is 10.2. The van der Waals surface area contributed by atoms with Gasteiger partial charge in [-0.05, 0) is 25.6 Å². The SMILES string of the molecule is CCC(C)NC(=O)CCNc1n[nH]c(=S)s1. The second kappa shape index (κ2) is 6.59. The summed E-state index contributed by atoms with van der Waals surface area (Å²) in [6.07, 6.45) is 1.39. The van der Waals surface area contributed by atoms with E-state index in [1.54, 1.807) is 0 Å². The molecule has 1 amide bonds. The molecule has 0 aliphatic heterocycles. The first-order chi connectivity index (χ1) is 7.61. The van der Waals surface area contributed by atoms with E-state index < -0.39 is 0 Å². The van der Waals surface area contributed by atoms with Gasteiger partial charge in [0, 0.05) is 19.0 Å². The molecule has 0 aliphatic carbocycles. The lowest BCUT2D eigenvalue weighted by Gasteiger charge is -2.10. The Morgan fingerprint density at radius 3 is 3.00 bits per heavy atom. The molecular weight excluding hydrogens is 244 g/mol. The third-order valence-electron chi connectivity index (χ3n) is 2.09. The summed E-state index contributed by atoms with van der Waals surface area (Å²) >= 11 is 6.25. The standard InChI is InChI=1S/C9H16N4OS2/c1-3-6(2)11-7(14)4-5-10-8-12-13-9(15)16-8/h6H,3-5H2,1-2H3,(H,10,12)(H,11,14)(H,13,15). The van der Waals surface area contributed by atoms with Gasteiger partial charge in [-0.2, -0.15) is 0 Å². The predicted octanol–water partition coefficient (Wildman–Crippen LogP) is 1.92. The monoisotopic (exact) mass is 260 g/mol. The third-order valence-corrected chi connectivity index (χ3v) is 3.13. The first kappa shape index (κ1) is 13.1. The largest absolute Gasteiger partial charge is 0.360 e.